The first-order valence-corrected chi connectivity index (χ1v) is 10.2. The van der Waals surface area contributed by atoms with Gasteiger partial charge in [0.1, 0.15) is 0 Å². The van der Waals surface area contributed by atoms with Crippen LogP contribution in [0.4, 0.5) is 0 Å². The minimum absolute atomic E-state index is 0.866. The summed E-state index contributed by atoms with van der Waals surface area (Å²) >= 11 is 1.79. The summed E-state index contributed by atoms with van der Waals surface area (Å²) in [6, 6.07) is 0. The second-order valence-corrected chi connectivity index (χ2v) is 8.06. The van der Waals surface area contributed by atoms with Crippen LogP contribution in [0.1, 0.15) is 28.4 Å². The van der Waals surface area contributed by atoms with Crippen LogP contribution in [0.5, 0.6) is 0 Å². The summed E-state index contributed by atoms with van der Waals surface area (Å²) < 4.78 is 0. The van der Waals surface area contributed by atoms with E-state index < -0.39 is 0 Å². The van der Waals surface area contributed by atoms with Gasteiger partial charge < -0.3 is 20.4 Å². The number of likely N-dealkylation sites (N-methyl/N-ethyl adjacent to an activating group) is 1. The fraction of sp³-hybridized carbons (Fsp3) is 0.778. The predicted molar refractivity (Wildman–Crippen MR) is 108 cm³/mol. The molecule has 2 rings (SSSR count). The smallest absolute Gasteiger partial charge is 0.190 e. The SMILES string of the molecule is CN=C(NCCCN1CCCN(C)CC1)NCCc1nc(C)c(C)s1. The molecule has 142 valence electrons. The van der Waals surface area contributed by atoms with Gasteiger partial charge in [-0.2, -0.15) is 0 Å². The third-order valence-corrected chi connectivity index (χ3v) is 5.82. The zero-order valence-corrected chi connectivity index (χ0v) is 17.1. The Labute approximate surface area is 156 Å². The van der Waals surface area contributed by atoms with Crippen LogP contribution in [0.15, 0.2) is 4.99 Å². The Balaban J connectivity index is 1.58. The van der Waals surface area contributed by atoms with Crippen LogP contribution in [0.25, 0.3) is 0 Å². The van der Waals surface area contributed by atoms with Crippen molar-refractivity contribution in [2.24, 2.45) is 4.99 Å². The van der Waals surface area contributed by atoms with Gasteiger partial charge in [0, 0.05) is 44.5 Å². The van der Waals surface area contributed by atoms with E-state index in [0.717, 1.165) is 44.1 Å². The summed E-state index contributed by atoms with van der Waals surface area (Å²) in [7, 11) is 4.05. The molecule has 1 fully saturated rings. The number of aromatic nitrogens is 1. The standard InChI is InChI=1S/C18H34N6S/c1-15-16(2)25-17(22-15)7-9-21-18(19-3)20-8-5-11-24-12-6-10-23(4)13-14-24/h5-14H2,1-4H3,(H2,19,20,21). The van der Waals surface area contributed by atoms with E-state index in [4.69, 9.17) is 0 Å². The minimum atomic E-state index is 0.866. The lowest BCUT2D eigenvalue weighted by molar-refractivity contribution is 0.274. The summed E-state index contributed by atoms with van der Waals surface area (Å²) in [5.41, 5.74) is 1.15. The van der Waals surface area contributed by atoms with Gasteiger partial charge in [-0.1, -0.05) is 0 Å². The molecule has 2 heterocycles. The number of guanidine groups is 1. The second-order valence-electron chi connectivity index (χ2n) is 6.78. The molecule has 1 aliphatic rings. The number of rotatable bonds is 7. The molecule has 2 N–H and O–H groups in total. The van der Waals surface area contributed by atoms with Crippen molar-refractivity contribution in [3.8, 4) is 0 Å². The Morgan fingerprint density at radius 1 is 1.16 bits per heavy atom. The average molecular weight is 367 g/mol. The fourth-order valence-corrected chi connectivity index (χ4v) is 3.92. The van der Waals surface area contributed by atoms with Crippen molar-refractivity contribution < 1.29 is 0 Å². The van der Waals surface area contributed by atoms with Crippen LogP contribution >= 0.6 is 11.3 Å². The summed E-state index contributed by atoms with van der Waals surface area (Å²) in [6.45, 7) is 12.0. The highest BCUT2D eigenvalue weighted by Crippen LogP contribution is 2.16. The van der Waals surface area contributed by atoms with Crippen molar-refractivity contribution in [2.45, 2.75) is 33.1 Å². The van der Waals surface area contributed by atoms with Crippen LogP contribution in [0.2, 0.25) is 0 Å². The summed E-state index contributed by atoms with van der Waals surface area (Å²) in [5.74, 6) is 0.889. The van der Waals surface area contributed by atoms with E-state index in [9.17, 15) is 0 Å². The molecule has 0 saturated carbocycles. The quantitative estimate of drug-likeness (QED) is 0.435. The van der Waals surface area contributed by atoms with E-state index in [1.54, 1.807) is 11.3 Å². The number of nitrogens with one attached hydrogen (secondary N) is 2. The monoisotopic (exact) mass is 366 g/mol. The molecule has 0 radical (unpaired) electrons. The van der Waals surface area contributed by atoms with Crippen molar-refractivity contribution in [1.29, 1.82) is 0 Å². The number of aliphatic imine (C=N–C) groups is 1. The third kappa shape index (κ3) is 7.30. The first kappa shape index (κ1) is 20.1. The molecular weight excluding hydrogens is 332 g/mol. The molecule has 1 saturated heterocycles. The Hall–Kier alpha value is -1.18. The van der Waals surface area contributed by atoms with Crippen LogP contribution < -0.4 is 10.6 Å². The van der Waals surface area contributed by atoms with E-state index in [1.807, 2.05) is 7.05 Å². The van der Waals surface area contributed by atoms with E-state index in [2.05, 4.69) is 51.3 Å². The molecule has 7 heteroatoms. The Morgan fingerprint density at radius 3 is 2.68 bits per heavy atom. The van der Waals surface area contributed by atoms with Crippen molar-refractivity contribution in [3.05, 3.63) is 15.6 Å². The molecule has 0 aliphatic carbocycles. The number of aryl methyl sites for hydroxylation is 2. The van der Waals surface area contributed by atoms with Crippen LogP contribution in [-0.4, -0.2) is 80.7 Å². The molecule has 0 spiro atoms. The predicted octanol–water partition coefficient (Wildman–Crippen LogP) is 1.50. The third-order valence-electron chi connectivity index (χ3n) is 4.68. The number of hydrogen-bond acceptors (Lipinski definition) is 5. The van der Waals surface area contributed by atoms with Crippen LogP contribution in [0, 0.1) is 13.8 Å². The molecule has 0 amide bonds. The van der Waals surface area contributed by atoms with Crippen molar-refractivity contribution >= 4 is 17.3 Å². The van der Waals surface area contributed by atoms with E-state index in [-0.39, 0.29) is 0 Å². The van der Waals surface area contributed by atoms with Gasteiger partial charge >= 0.3 is 0 Å². The Kier molecular flexibility index (Phi) is 8.64. The van der Waals surface area contributed by atoms with Gasteiger partial charge in [-0.25, -0.2) is 4.98 Å². The lowest BCUT2D eigenvalue weighted by atomic mass is 10.3. The Bertz CT molecular complexity index is 522. The van der Waals surface area contributed by atoms with E-state index in [0.29, 0.717) is 0 Å². The molecular formula is C18H34N6S. The molecule has 1 aromatic heterocycles. The maximum absolute atomic E-state index is 4.58. The number of thiazole rings is 1. The molecule has 25 heavy (non-hydrogen) atoms. The maximum Gasteiger partial charge on any atom is 0.190 e. The molecule has 1 aromatic rings. The highest BCUT2D eigenvalue weighted by atomic mass is 32.1. The van der Waals surface area contributed by atoms with Crippen LogP contribution in [-0.2, 0) is 6.42 Å². The first-order chi connectivity index (χ1) is 12.1. The minimum Gasteiger partial charge on any atom is -0.356 e. The van der Waals surface area contributed by atoms with Gasteiger partial charge in [0.2, 0.25) is 0 Å². The second kappa shape index (κ2) is 10.7. The molecule has 6 nitrogen and oxygen atoms in total. The molecule has 0 aromatic carbocycles. The highest BCUT2D eigenvalue weighted by molar-refractivity contribution is 7.11. The summed E-state index contributed by atoms with van der Waals surface area (Å²) in [5, 5.41) is 8.01. The lowest BCUT2D eigenvalue weighted by Crippen LogP contribution is -2.39. The van der Waals surface area contributed by atoms with Crippen molar-refractivity contribution in [1.82, 2.24) is 25.4 Å². The maximum atomic E-state index is 4.58. The summed E-state index contributed by atoms with van der Waals surface area (Å²) in [6.07, 6.45) is 3.37. The average Bonchev–Trinajstić information content (AvgIpc) is 2.78. The largest absolute Gasteiger partial charge is 0.356 e. The van der Waals surface area contributed by atoms with Crippen molar-refractivity contribution in [2.75, 3.05) is 59.9 Å². The zero-order valence-electron chi connectivity index (χ0n) is 16.3. The van der Waals surface area contributed by atoms with Gasteiger partial charge in [-0.3, -0.25) is 4.99 Å². The van der Waals surface area contributed by atoms with Gasteiger partial charge in [0.05, 0.1) is 10.7 Å². The summed E-state index contributed by atoms with van der Waals surface area (Å²) in [4.78, 5) is 15.2. The van der Waals surface area contributed by atoms with Crippen molar-refractivity contribution in [3.63, 3.8) is 0 Å². The Morgan fingerprint density at radius 2 is 1.96 bits per heavy atom. The number of nitrogens with zero attached hydrogens (tertiary/aromatic N) is 4. The van der Waals surface area contributed by atoms with Gasteiger partial charge in [-0.15, -0.1) is 11.3 Å². The molecule has 1 aliphatic heterocycles. The van der Waals surface area contributed by atoms with E-state index >= 15 is 0 Å². The molecule has 0 unspecified atom stereocenters. The molecule has 0 atom stereocenters. The van der Waals surface area contributed by atoms with E-state index in [1.165, 1.54) is 42.5 Å². The zero-order chi connectivity index (χ0) is 18.1. The van der Waals surface area contributed by atoms with Gasteiger partial charge in [0.15, 0.2) is 5.96 Å². The molecule has 0 bridgehead atoms. The van der Waals surface area contributed by atoms with Crippen LogP contribution in [0.3, 0.4) is 0 Å². The van der Waals surface area contributed by atoms with Gasteiger partial charge in [-0.05, 0) is 53.4 Å². The lowest BCUT2D eigenvalue weighted by Gasteiger charge is -2.20. The number of hydrogen-bond donors (Lipinski definition) is 2. The topological polar surface area (TPSA) is 55.8 Å². The highest BCUT2D eigenvalue weighted by Gasteiger charge is 2.11. The first-order valence-electron chi connectivity index (χ1n) is 9.37. The normalized spacial score (nSPS) is 17.5. The van der Waals surface area contributed by atoms with Gasteiger partial charge in [0.25, 0.3) is 0 Å². The fourth-order valence-electron chi connectivity index (χ4n) is 2.99.